The maximum absolute atomic E-state index is 13.7. The molecular formula is C21H20ClF3N4O. The minimum absolute atomic E-state index is 0.166. The summed E-state index contributed by atoms with van der Waals surface area (Å²) in [4.78, 5) is 5.43. The standard InChI is InChI=1S/C21H20ClF3N4O/c1-11(26)29-18(27)5-2-12-6-13(8-17(22)19(12)29)14-7-16(10-28-9-14)20(30,15-3-4-15)21(23,24)25/h6-10,15,26-27,30H,2-5H2,1H3. The van der Waals surface area contributed by atoms with Gasteiger partial charge in [0.2, 0.25) is 0 Å². The molecule has 1 aliphatic carbocycles. The van der Waals surface area contributed by atoms with Gasteiger partial charge in [-0.1, -0.05) is 11.6 Å². The normalized spacial score (nSPS) is 18.7. The molecule has 2 aromatic rings. The van der Waals surface area contributed by atoms with E-state index in [1.807, 2.05) is 0 Å². The highest BCUT2D eigenvalue weighted by Gasteiger charge is 2.63. The van der Waals surface area contributed by atoms with Crippen molar-refractivity contribution < 1.29 is 18.3 Å². The number of benzene rings is 1. The topological polar surface area (TPSA) is 84.1 Å². The zero-order valence-electron chi connectivity index (χ0n) is 16.1. The molecule has 2 aliphatic rings. The minimum atomic E-state index is -4.80. The Balaban J connectivity index is 1.80. The number of anilines is 1. The van der Waals surface area contributed by atoms with Crippen LogP contribution in [0.25, 0.3) is 11.1 Å². The first kappa shape index (κ1) is 20.8. The maximum atomic E-state index is 13.7. The number of aliphatic hydroxyl groups is 1. The second-order valence-corrected chi connectivity index (χ2v) is 8.24. The van der Waals surface area contributed by atoms with Crippen LogP contribution in [0.3, 0.4) is 0 Å². The van der Waals surface area contributed by atoms with E-state index in [4.69, 9.17) is 22.4 Å². The number of aryl methyl sites for hydroxylation is 1. The van der Waals surface area contributed by atoms with E-state index < -0.39 is 17.7 Å². The summed E-state index contributed by atoms with van der Waals surface area (Å²) >= 11 is 6.48. The van der Waals surface area contributed by atoms with Gasteiger partial charge in [-0.05, 0) is 55.5 Å². The monoisotopic (exact) mass is 436 g/mol. The van der Waals surface area contributed by atoms with Gasteiger partial charge in [0.1, 0.15) is 11.7 Å². The first-order valence-electron chi connectivity index (χ1n) is 9.54. The van der Waals surface area contributed by atoms with Gasteiger partial charge in [-0.3, -0.25) is 20.7 Å². The van der Waals surface area contributed by atoms with Gasteiger partial charge in [0, 0.05) is 35.9 Å². The Morgan fingerprint density at radius 2 is 1.87 bits per heavy atom. The van der Waals surface area contributed by atoms with Gasteiger partial charge < -0.3 is 5.11 Å². The lowest BCUT2D eigenvalue weighted by Crippen LogP contribution is -2.44. The number of fused-ring (bicyclic) bond motifs is 1. The molecule has 1 aliphatic heterocycles. The number of hydrogen-bond donors (Lipinski definition) is 3. The Hall–Kier alpha value is -2.45. The van der Waals surface area contributed by atoms with Crippen molar-refractivity contribution >= 4 is 29.0 Å². The van der Waals surface area contributed by atoms with Crippen molar-refractivity contribution in [1.29, 1.82) is 10.8 Å². The third kappa shape index (κ3) is 3.28. The van der Waals surface area contributed by atoms with E-state index in [1.54, 1.807) is 19.1 Å². The van der Waals surface area contributed by atoms with Crippen LogP contribution >= 0.6 is 11.6 Å². The lowest BCUT2D eigenvalue weighted by Gasteiger charge is -2.32. The molecule has 1 unspecified atom stereocenters. The zero-order chi connectivity index (χ0) is 21.8. The summed E-state index contributed by atoms with van der Waals surface area (Å²) in [7, 11) is 0. The Bertz CT molecular complexity index is 1050. The molecule has 0 spiro atoms. The van der Waals surface area contributed by atoms with Gasteiger partial charge in [-0.25, -0.2) is 0 Å². The fourth-order valence-corrected chi connectivity index (χ4v) is 4.40. The van der Waals surface area contributed by atoms with Crippen LogP contribution in [0.15, 0.2) is 30.6 Å². The molecule has 5 nitrogen and oxygen atoms in total. The van der Waals surface area contributed by atoms with Gasteiger partial charge in [0.15, 0.2) is 5.60 Å². The summed E-state index contributed by atoms with van der Waals surface area (Å²) in [5.41, 5.74) is -0.847. The lowest BCUT2D eigenvalue weighted by molar-refractivity contribution is -0.275. The molecule has 1 aromatic carbocycles. The minimum Gasteiger partial charge on any atom is -0.376 e. The van der Waals surface area contributed by atoms with E-state index in [0.717, 1.165) is 11.8 Å². The Kier molecular flexibility index (Phi) is 4.90. The van der Waals surface area contributed by atoms with Gasteiger partial charge in [0.25, 0.3) is 0 Å². The van der Waals surface area contributed by atoms with Crippen molar-refractivity contribution in [3.05, 3.63) is 46.7 Å². The summed E-state index contributed by atoms with van der Waals surface area (Å²) in [6.45, 7) is 1.57. The molecule has 0 bridgehead atoms. The Morgan fingerprint density at radius 3 is 2.47 bits per heavy atom. The smallest absolute Gasteiger partial charge is 0.376 e. The van der Waals surface area contributed by atoms with Crippen molar-refractivity contribution in [2.45, 2.75) is 44.4 Å². The van der Waals surface area contributed by atoms with E-state index in [0.29, 0.717) is 47.5 Å². The van der Waals surface area contributed by atoms with Crippen LogP contribution < -0.4 is 4.90 Å². The first-order chi connectivity index (χ1) is 14.0. The molecule has 0 amide bonds. The molecule has 1 fully saturated rings. The maximum Gasteiger partial charge on any atom is 0.421 e. The second-order valence-electron chi connectivity index (χ2n) is 7.83. The zero-order valence-corrected chi connectivity index (χ0v) is 16.9. The molecular weight excluding hydrogens is 417 g/mol. The summed E-state index contributed by atoms with van der Waals surface area (Å²) in [6.07, 6.45) is -0.702. The number of rotatable bonds is 3. The fourth-order valence-electron chi connectivity index (χ4n) is 4.07. The average Bonchev–Trinajstić information content (AvgIpc) is 3.52. The van der Waals surface area contributed by atoms with Crippen molar-refractivity contribution in [2.24, 2.45) is 5.92 Å². The average molecular weight is 437 g/mol. The number of aromatic nitrogens is 1. The highest BCUT2D eigenvalue weighted by Crippen LogP contribution is 2.54. The van der Waals surface area contributed by atoms with E-state index in [2.05, 4.69) is 4.98 Å². The van der Waals surface area contributed by atoms with Gasteiger partial charge in [-0.15, -0.1) is 0 Å². The van der Waals surface area contributed by atoms with Crippen molar-refractivity contribution in [3.63, 3.8) is 0 Å². The summed E-state index contributed by atoms with van der Waals surface area (Å²) in [5, 5.41) is 26.9. The van der Waals surface area contributed by atoms with Crippen LogP contribution in [-0.4, -0.2) is 27.9 Å². The van der Waals surface area contributed by atoms with Crippen LogP contribution in [0.1, 0.15) is 37.3 Å². The van der Waals surface area contributed by atoms with Crippen LogP contribution in [0.4, 0.5) is 18.9 Å². The highest BCUT2D eigenvalue weighted by atomic mass is 35.5. The predicted octanol–water partition coefficient (Wildman–Crippen LogP) is 5.29. The summed E-state index contributed by atoms with van der Waals surface area (Å²) < 4.78 is 41.1. The number of halogens is 4. The predicted molar refractivity (Wildman–Crippen MR) is 109 cm³/mol. The fraction of sp³-hybridized carbons (Fsp3) is 0.381. The first-order valence-corrected chi connectivity index (χ1v) is 9.92. The summed E-state index contributed by atoms with van der Waals surface area (Å²) in [6, 6.07) is 4.72. The van der Waals surface area contributed by atoms with E-state index >= 15 is 0 Å². The summed E-state index contributed by atoms with van der Waals surface area (Å²) in [5.74, 6) is -0.427. The highest BCUT2D eigenvalue weighted by molar-refractivity contribution is 6.36. The van der Waals surface area contributed by atoms with E-state index in [9.17, 15) is 18.3 Å². The van der Waals surface area contributed by atoms with Crippen molar-refractivity contribution in [2.75, 3.05) is 4.90 Å². The number of alkyl halides is 3. The number of amidine groups is 2. The third-order valence-electron chi connectivity index (χ3n) is 5.71. The molecule has 4 rings (SSSR count). The Labute approximate surface area is 176 Å². The molecule has 1 atom stereocenters. The van der Waals surface area contributed by atoms with Crippen LogP contribution in [0.5, 0.6) is 0 Å². The molecule has 2 heterocycles. The lowest BCUT2D eigenvalue weighted by atomic mass is 9.87. The second kappa shape index (κ2) is 7.06. The van der Waals surface area contributed by atoms with Gasteiger partial charge in [0.05, 0.1) is 10.7 Å². The number of nitrogens with one attached hydrogen (secondary N) is 2. The largest absolute Gasteiger partial charge is 0.421 e. The molecule has 3 N–H and O–H groups in total. The molecule has 30 heavy (non-hydrogen) atoms. The van der Waals surface area contributed by atoms with Crippen LogP contribution in [0.2, 0.25) is 5.02 Å². The van der Waals surface area contributed by atoms with E-state index in [-0.39, 0.29) is 17.2 Å². The number of nitrogens with zero attached hydrogens (tertiary/aromatic N) is 2. The van der Waals surface area contributed by atoms with Gasteiger partial charge in [-0.2, -0.15) is 13.2 Å². The molecule has 1 aromatic heterocycles. The molecule has 0 saturated heterocycles. The van der Waals surface area contributed by atoms with Crippen LogP contribution in [-0.2, 0) is 12.0 Å². The SMILES string of the molecule is CC(=N)N1C(=N)CCc2cc(-c3cncc(C(O)(C4CC4)C(F)(F)F)c3)cc(Cl)c21. The van der Waals surface area contributed by atoms with Crippen molar-refractivity contribution in [1.82, 2.24) is 4.98 Å². The molecule has 9 heteroatoms. The molecule has 0 radical (unpaired) electrons. The molecule has 158 valence electrons. The van der Waals surface area contributed by atoms with Crippen LogP contribution in [0, 0.1) is 16.7 Å². The molecule has 1 saturated carbocycles. The number of hydrogen-bond acceptors (Lipinski definition) is 4. The van der Waals surface area contributed by atoms with Gasteiger partial charge >= 0.3 is 6.18 Å². The van der Waals surface area contributed by atoms with Crippen molar-refractivity contribution in [3.8, 4) is 11.1 Å². The quantitative estimate of drug-likeness (QED) is 0.451. The third-order valence-corrected chi connectivity index (χ3v) is 6.00. The number of pyridine rings is 1. The van der Waals surface area contributed by atoms with E-state index in [1.165, 1.54) is 17.2 Å². The Morgan fingerprint density at radius 1 is 1.17 bits per heavy atom.